The van der Waals surface area contributed by atoms with Gasteiger partial charge < -0.3 is 20.1 Å². The lowest BCUT2D eigenvalue weighted by Gasteiger charge is -2.15. The van der Waals surface area contributed by atoms with E-state index in [4.69, 9.17) is 21.1 Å². The quantitative estimate of drug-likeness (QED) is 0.367. The highest BCUT2D eigenvalue weighted by Crippen LogP contribution is 2.28. The molecule has 1 amide bonds. The Morgan fingerprint density at radius 3 is 2.79 bits per heavy atom. The first-order valence-corrected chi connectivity index (χ1v) is 10.9. The predicted octanol–water partition coefficient (Wildman–Crippen LogP) is 4.40. The van der Waals surface area contributed by atoms with Crippen LogP contribution in [-0.2, 0) is 11.3 Å². The number of pyridine rings is 1. The summed E-state index contributed by atoms with van der Waals surface area (Å²) in [6.45, 7) is 2.33. The molecule has 2 N–H and O–H groups in total. The molecule has 10 heteroatoms. The molecule has 2 aromatic heterocycles. The fraction of sp³-hybridized carbons (Fsp3) is 0.208. The van der Waals surface area contributed by atoms with E-state index in [1.165, 1.54) is 25.3 Å². The SMILES string of the molecule is COc1cc(CN[C@H](C)c2nnc3ccccn23)ccc1OCC(=O)Nc1ccc(F)c(Cl)c1. The van der Waals surface area contributed by atoms with Crippen LogP contribution in [0.15, 0.2) is 60.8 Å². The minimum absolute atomic E-state index is 0.0389. The fourth-order valence-corrected chi connectivity index (χ4v) is 3.55. The largest absolute Gasteiger partial charge is 0.493 e. The third kappa shape index (κ3) is 5.44. The number of methoxy groups -OCH3 is 1. The van der Waals surface area contributed by atoms with E-state index in [1.54, 1.807) is 6.07 Å². The Morgan fingerprint density at radius 1 is 1.15 bits per heavy atom. The van der Waals surface area contributed by atoms with Crippen LogP contribution >= 0.6 is 11.6 Å². The average molecular weight is 484 g/mol. The fourth-order valence-electron chi connectivity index (χ4n) is 3.37. The highest BCUT2D eigenvalue weighted by Gasteiger charge is 2.14. The lowest BCUT2D eigenvalue weighted by atomic mass is 10.2. The second kappa shape index (κ2) is 10.5. The molecule has 2 heterocycles. The zero-order chi connectivity index (χ0) is 24.1. The first-order chi connectivity index (χ1) is 16.4. The lowest BCUT2D eigenvalue weighted by molar-refractivity contribution is -0.118. The van der Waals surface area contributed by atoms with Crippen LogP contribution in [0.5, 0.6) is 11.5 Å². The molecule has 0 saturated carbocycles. The number of aromatic nitrogens is 3. The van der Waals surface area contributed by atoms with E-state index in [0.717, 1.165) is 17.0 Å². The Hall–Kier alpha value is -3.69. The zero-order valence-electron chi connectivity index (χ0n) is 18.6. The van der Waals surface area contributed by atoms with Crippen molar-refractivity contribution >= 4 is 28.8 Å². The van der Waals surface area contributed by atoms with Gasteiger partial charge in [0.2, 0.25) is 0 Å². The summed E-state index contributed by atoms with van der Waals surface area (Å²) in [7, 11) is 1.53. The first kappa shape index (κ1) is 23.5. The molecule has 0 fully saturated rings. The van der Waals surface area contributed by atoms with Gasteiger partial charge in [0.05, 0.1) is 18.2 Å². The van der Waals surface area contributed by atoms with E-state index < -0.39 is 11.7 Å². The highest BCUT2D eigenvalue weighted by molar-refractivity contribution is 6.31. The Labute approximate surface area is 200 Å². The predicted molar refractivity (Wildman–Crippen MR) is 127 cm³/mol. The molecular weight excluding hydrogens is 461 g/mol. The van der Waals surface area contributed by atoms with Crippen LogP contribution < -0.4 is 20.1 Å². The standard InChI is InChI=1S/C24H23ClFN5O3/c1-15(24-30-29-22-5-3-4-10-31(22)24)27-13-16-6-9-20(21(11-16)33-2)34-14-23(32)28-17-7-8-19(26)18(25)12-17/h3-12,15,27H,13-14H2,1-2H3,(H,28,32)/t15-/m1/s1. The number of rotatable bonds is 9. The number of hydrogen-bond donors (Lipinski definition) is 2. The first-order valence-electron chi connectivity index (χ1n) is 10.5. The normalized spacial score (nSPS) is 11.9. The average Bonchev–Trinajstić information content (AvgIpc) is 3.28. The zero-order valence-corrected chi connectivity index (χ0v) is 19.3. The maximum Gasteiger partial charge on any atom is 0.262 e. The smallest absolute Gasteiger partial charge is 0.262 e. The van der Waals surface area contributed by atoms with Crippen molar-refractivity contribution in [1.82, 2.24) is 19.9 Å². The minimum atomic E-state index is -0.556. The number of halogens is 2. The van der Waals surface area contributed by atoms with Crippen molar-refractivity contribution in [2.75, 3.05) is 19.0 Å². The molecule has 0 saturated heterocycles. The molecule has 34 heavy (non-hydrogen) atoms. The number of amides is 1. The summed E-state index contributed by atoms with van der Waals surface area (Å²) in [4.78, 5) is 12.2. The van der Waals surface area contributed by atoms with Crippen LogP contribution in [0.1, 0.15) is 24.4 Å². The number of carbonyl (C=O) groups is 1. The van der Waals surface area contributed by atoms with Crippen molar-refractivity contribution in [2.24, 2.45) is 0 Å². The molecule has 4 rings (SSSR count). The molecule has 2 aromatic carbocycles. The number of benzene rings is 2. The van der Waals surface area contributed by atoms with E-state index in [2.05, 4.69) is 20.8 Å². The van der Waals surface area contributed by atoms with Crippen molar-refractivity contribution < 1.29 is 18.7 Å². The molecule has 0 spiro atoms. The number of nitrogens with one attached hydrogen (secondary N) is 2. The number of hydrogen-bond acceptors (Lipinski definition) is 6. The Balaban J connectivity index is 1.34. The monoisotopic (exact) mass is 483 g/mol. The summed E-state index contributed by atoms with van der Waals surface area (Å²) in [5, 5.41) is 14.4. The molecule has 0 aliphatic heterocycles. The number of ether oxygens (including phenoxy) is 2. The second-order valence-electron chi connectivity index (χ2n) is 7.54. The van der Waals surface area contributed by atoms with Gasteiger partial charge in [0.25, 0.3) is 5.91 Å². The molecule has 0 aliphatic carbocycles. The van der Waals surface area contributed by atoms with Gasteiger partial charge >= 0.3 is 0 Å². The molecule has 0 radical (unpaired) electrons. The number of anilines is 1. The summed E-state index contributed by atoms with van der Waals surface area (Å²) >= 11 is 5.74. The van der Waals surface area contributed by atoms with Gasteiger partial charge in [0.1, 0.15) is 5.82 Å². The Bertz CT molecular complexity index is 1310. The molecule has 176 valence electrons. The van der Waals surface area contributed by atoms with Crippen LogP contribution in [0, 0.1) is 5.82 Å². The van der Waals surface area contributed by atoms with Crippen LogP contribution in [-0.4, -0.2) is 34.2 Å². The maximum atomic E-state index is 13.3. The Kier molecular flexibility index (Phi) is 7.24. The van der Waals surface area contributed by atoms with Crippen molar-refractivity contribution in [2.45, 2.75) is 19.5 Å². The number of fused-ring (bicyclic) bond motifs is 1. The third-order valence-corrected chi connectivity index (χ3v) is 5.42. The lowest BCUT2D eigenvalue weighted by Crippen LogP contribution is -2.21. The van der Waals surface area contributed by atoms with Crippen molar-refractivity contribution in [1.29, 1.82) is 0 Å². The molecule has 0 bridgehead atoms. The van der Waals surface area contributed by atoms with Gasteiger partial charge in [0, 0.05) is 18.4 Å². The van der Waals surface area contributed by atoms with Crippen LogP contribution in [0.4, 0.5) is 10.1 Å². The van der Waals surface area contributed by atoms with Gasteiger partial charge in [-0.3, -0.25) is 9.20 Å². The topological polar surface area (TPSA) is 89.8 Å². The van der Waals surface area contributed by atoms with Crippen molar-refractivity contribution in [3.05, 3.63) is 83.0 Å². The van der Waals surface area contributed by atoms with E-state index in [1.807, 2.05) is 47.9 Å². The third-order valence-electron chi connectivity index (χ3n) is 5.13. The molecule has 0 aliphatic rings. The molecule has 4 aromatic rings. The molecule has 0 unspecified atom stereocenters. The Morgan fingerprint density at radius 2 is 2.00 bits per heavy atom. The summed E-state index contributed by atoms with van der Waals surface area (Å²) in [6, 6.07) is 15.1. The van der Waals surface area contributed by atoms with E-state index in [0.29, 0.717) is 23.7 Å². The van der Waals surface area contributed by atoms with E-state index in [-0.39, 0.29) is 17.7 Å². The van der Waals surface area contributed by atoms with Gasteiger partial charge in [-0.05, 0) is 55.0 Å². The molecule has 1 atom stereocenters. The molecule has 8 nitrogen and oxygen atoms in total. The number of carbonyl (C=O) groups excluding carboxylic acids is 1. The van der Waals surface area contributed by atoms with Gasteiger partial charge in [-0.2, -0.15) is 0 Å². The van der Waals surface area contributed by atoms with Crippen LogP contribution in [0.2, 0.25) is 5.02 Å². The van der Waals surface area contributed by atoms with Gasteiger partial charge in [-0.25, -0.2) is 4.39 Å². The summed E-state index contributed by atoms with van der Waals surface area (Å²) in [5.74, 6) is 0.771. The van der Waals surface area contributed by atoms with Crippen molar-refractivity contribution in [3.8, 4) is 11.5 Å². The molecular formula is C24H23ClFN5O3. The number of nitrogens with zero attached hydrogens (tertiary/aromatic N) is 3. The van der Waals surface area contributed by atoms with E-state index >= 15 is 0 Å². The van der Waals surface area contributed by atoms with Crippen molar-refractivity contribution in [3.63, 3.8) is 0 Å². The summed E-state index contributed by atoms with van der Waals surface area (Å²) < 4.78 is 26.3. The summed E-state index contributed by atoms with van der Waals surface area (Å²) in [5.41, 5.74) is 2.14. The van der Waals surface area contributed by atoms with Gasteiger partial charge in [-0.1, -0.05) is 23.7 Å². The minimum Gasteiger partial charge on any atom is -0.493 e. The van der Waals surface area contributed by atoms with Crippen LogP contribution in [0.25, 0.3) is 5.65 Å². The van der Waals surface area contributed by atoms with Gasteiger partial charge in [0.15, 0.2) is 29.6 Å². The van der Waals surface area contributed by atoms with Gasteiger partial charge in [-0.15, -0.1) is 10.2 Å². The summed E-state index contributed by atoms with van der Waals surface area (Å²) in [6.07, 6.45) is 1.93. The van der Waals surface area contributed by atoms with E-state index in [9.17, 15) is 9.18 Å². The van der Waals surface area contributed by atoms with Crippen LogP contribution in [0.3, 0.4) is 0 Å². The highest BCUT2D eigenvalue weighted by atomic mass is 35.5. The second-order valence-corrected chi connectivity index (χ2v) is 7.95. The maximum absolute atomic E-state index is 13.3.